The molecule has 0 spiro atoms. The summed E-state index contributed by atoms with van der Waals surface area (Å²) in [4.78, 5) is 28.5. The third-order valence-electron chi connectivity index (χ3n) is 24.9. The normalized spacial score (nSPS) is 39.9. The lowest BCUT2D eigenvalue weighted by Gasteiger charge is -2.65. The number of ether oxygens (including phenoxy) is 2. The SMILES string of the molecule is C=[N+]1C=C[N+](C(=O)OCC[C@@H](C)[C@H]2CC[C@H]3[C@@H]4[C@H](O)[C@H](CC)[C@@H]5C[C@H](C)CC[C@]5(C)[C@H]4CC[C@]23C)=C1.CC[C@H]1[C@@H](O)[C@@H]2[C@H](CC[C@]3(C)[C@@H]([C@H](C)CCOC(=O)n4ccnc4)CC[C@@H]23)[C@@]2(C)CC[C@@H](C)C[C@@H]12.COS(=O)(=O)C(F)(F)F.O=S(=O)([O-])C(F)(F)F. The number of rotatable bonds is 11. The minimum absolute atomic E-state index is 0.136. The largest absolute Gasteiger partial charge is 0.741 e. The molecule has 0 bridgehead atoms. The molecular formula is C64H101F6N4O12S2+. The molecule has 9 aliphatic rings. The zero-order chi connectivity index (χ0) is 65.5. The van der Waals surface area contributed by atoms with E-state index in [1.54, 1.807) is 35.7 Å². The van der Waals surface area contributed by atoms with Crippen molar-refractivity contribution in [2.24, 2.45) is 116 Å². The molecule has 88 heavy (non-hydrogen) atoms. The molecule has 10 rings (SSSR count). The molecule has 2 N–H and O–H groups in total. The van der Waals surface area contributed by atoms with Crippen molar-refractivity contribution in [2.45, 2.75) is 208 Å². The van der Waals surface area contributed by atoms with E-state index < -0.39 is 31.3 Å². The van der Waals surface area contributed by atoms with Gasteiger partial charge < -0.3 is 24.2 Å². The number of carbonyl (C=O) groups excluding carboxylic acids is 2. The van der Waals surface area contributed by atoms with Crippen molar-refractivity contribution < 1.29 is 90.3 Å². The van der Waals surface area contributed by atoms with Crippen molar-refractivity contribution in [3.63, 3.8) is 0 Å². The van der Waals surface area contributed by atoms with E-state index in [1.807, 2.05) is 0 Å². The summed E-state index contributed by atoms with van der Waals surface area (Å²) < 4.78 is 130. The number of aliphatic hydroxyl groups excluding tert-OH is 2. The molecule has 24 heteroatoms. The van der Waals surface area contributed by atoms with Gasteiger partial charge in [-0.05, 0) is 211 Å². The summed E-state index contributed by atoms with van der Waals surface area (Å²) in [5, 5.41) is 23.9. The summed E-state index contributed by atoms with van der Waals surface area (Å²) in [6, 6.07) is 0. The van der Waals surface area contributed by atoms with Crippen molar-refractivity contribution in [2.75, 3.05) is 20.3 Å². The van der Waals surface area contributed by atoms with Crippen LogP contribution in [0.15, 0.2) is 31.1 Å². The predicted octanol–water partition coefficient (Wildman–Crippen LogP) is 13.6. The van der Waals surface area contributed by atoms with E-state index >= 15 is 0 Å². The van der Waals surface area contributed by atoms with Crippen LogP contribution in [0.2, 0.25) is 0 Å². The maximum absolute atomic E-state index is 12.3. The summed E-state index contributed by atoms with van der Waals surface area (Å²) >= 11 is 0. The van der Waals surface area contributed by atoms with Crippen LogP contribution in [-0.2, 0) is 33.9 Å². The van der Waals surface area contributed by atoms with Gasteiger partial charge in [0.1, 0.15) is 13.0 Å². The smallest absolute Gasteiger partial charge is 0.607 e. The highest BCUT2D eigenvalue weighted by atomic mass is 32.2. The van der Waals surface area contributed by atoms with Crippen LogP contribution in [0.3, 0.4) is 0 Å². The van der Waals surface area contributed by atoms with Gasteiger partial charge in [0.2, 0.25) is 6.20 Å². The van der Waals surface area contributed by atoms with Crippen molar-refractivity contribution >= 4 is 45.5 Å². The number of hydrogen-bond donors (Lipinski definition) is 2. The van der Waals surface area contributed by atoms with E-state index in [9.17, 15) is 54.6 Å². The Morgan fingerprint density at radius 1 is 0.682 bits per heavy atom. The molecule has 0 saturated heterocycles. The van der Waals surface area contributed by atoms with Gasteiger partial charge in [-0.3, -0.25) is 4.18 Å². The lowest BCUT2D eigenvalue weighted by atomic mass is 9.41. The molecule has 2 heterocycles. The summed E-state index contributed by atoms with van der Waals surface area (Å²) in [6.45, 7) is 29.2. The number of aromatic nitrogens is 2. The number of nitrogens with zero attached hydrogens (tertiary/aromatic N) is 4. The number of halogens is 6. The Morgan fingerprint density at radius 2 is 1.10 bits per heavy atom. The molecule has 0 radical (unpaired) electrons. The number of alkyl halides is 6. The number of aliphatic hydroxyl groups is 2. The van der Waals surface area contributed by atoms with Crippen LogP contribution in [0.5, 0.6) is 0 Å². The Bertz CT molecular complexity index is 2880. The molecule has 0 aromatic carbocycles. The van der Waals surface area contributed by atoms with Crippen LogP contribution in [-0.4, -0.2) is 119 Å². The van der Waals surface area contributed by atoms with Gasteiger partial charge in [0.15, 0.2) is 10.1 Å². The van der Waals surface area contributed by atoms with Gasteiger partial charge in [-0.25, -0.2) is 22.8 Å². The molecule has 1 aliphatic heterocycles. The first-order valence-corrected chi connectivity index (χ1v) is 35.2. The molecule has 8 aliphatic carbocycles. The van der Waals surface area contributed by atoms with Crippen LogP contribution < -0.4 is 0 Å². The van der Waals surface area contributed by atoms with E-state index in [-0.39, 0.29) is 29.8 Å². The van der Waals surface area contributed by atoms with E-state index in [0.717, 1.165) is 37.5 Å². The Labute approximate surface area is 519 Å². The van der Waals surface area contributed by atoms with E-state index in [0.29, 0.717) is 119 Å². The third-order valence-corrected chi connectivity index (χ3v) is 26.5. The Kier molecular flexibility index (Phi) is 22.6. The second kappa shape index (κ2) is 27.6. The minimum Gasteiger partial charge on any atom is -0.741 e. The highest BCUT2D eigenvalue weighted by Gasteiger charge is 2.67. The quantitative estimate of drug-likeness (QED) is 0.0694. The highest BCUT2D eigenvalue weighted by Crippen LogP contribution is 2.72. The number of carbonyl (C=O) groups is 2. The van der Waals surface area contributed by atoms with Gasteiger partial charge in [-0.2, -0.15) is 39.6 Å². The number of amides is 1. The van der Waals surface area contributed by atoms with E-state index in [4.69, 9.17) is 22.4 Å². The van der Waals surface area contributed by atoms with Crippen LogP contribution in [0.4, 0.5) is 35.9 Å². The Hall–Kier alpha value is -3.45. The molecule has 1 amide bonds. The standard InChI is InChI=1S/C31H50N2O3.C30H48N2O3.C2H3F3O3S.CHF3O3S/c1-7-22-26-18-20(2)10-13-31(26,5)25-11-14-30(4)23(8-9-24(30)27(25)28(22)34)21(3)12-17-36-29(35)33-16-15-32(6)19-33;1-6-21-25-17-19(2)9-12-30(25,5)24-10-13-29(4)22(7-8-23(29)26(24)27(21)33)20(3)11-16-35-28(34)32-15-14-31-18-32;1-8-9(6,7)2(3,4)5;2-1(3,4)8(5,6)7/h15-16,19-28,34H,6-14,17-18H2,1-5H3;14-15,18-27,33H,6-13,16-17H2,1-5H3;1H3;(H,5,6,7)/q+2;;;/p-1/t20-,21-,22-,23-,24+,25+,26+,27+,28-,30-,31-;19-,20-,21-,22-,23+,24+,25+,26+,27-,29-,30-;;/m11../s1. The van der Waals surface area contributed by atoms with Crippen LogP contribution in [0.1, 0.15) is 185 Å². The van der Waals surface area contributed by atoms with Gasteiger partial charge in [0.05, 0.1) is 32.5 Å². The summed E-state index contributed by atoms with van der Waals surface area (Å²) in [5.41, 5.74) is -9.56. The van der Waals surface area contributed by atoms with Gasteiger partial charge in [0, 0.05) is 12.4 Å². The van der Waals surface area contributed by atoms with Crippen molar-refractivity contribution in [3.8, 4) is 0 Å². The second-order valence-corrected chi connectivity index (χ2v) is 32.3. The van der Waals surface area contributed by atoms with Gasteiger partial charge in [-0.1, -0.05) is 94.9 Å². The fraction of sp³-hybridized carbons (Fsp3) is 0.859. The van der Waals surface area contributed by atoms with Crippen molar-refractivity contribution in [3.05, 3.63) is 31.1 Å². The van der Waals surface area contributed by atoms with Gasteiger partial charge in [0.25, 0.3) is 6.20 Å². The van der Waals surface area contributed by atoms with Gasteiger partial charge in [-0.15, -0.1) is 4.58 Å². The van der Waals surface area contributed by atoms with Crippen LogP contribution in [0, 0.1) is 116 Å². The molecule has 8 fully saturated rings. The Morgan fingerprint density at radius 3 is 1.45 bits per heavy atom. The van der Waals surface area contributed by atoms with Crippen molar-refractivity contribution in [1.29, 1.82) is 0 Å². The Balaban J connectivity index is 0.000000199. The molecular weight excluding hydrogens is 1190 g/mol. The predicted molar refractivity (Wildman–Crippen MR) is 318 cm³/mol. The lowest BCUT2D eigenvalue weighted by molar-refractivity contribution is -0.406. The fourth-order valence-electron chi connectivity index (χ4n) is 20.5. The van der Waals surface area contributed by atoms with Gasteiger partial charge >= 0.3 is 39.7 Å². The lowest BCUT2D eigenvalue weighted by Crippen LogP contribution is -2.61. The van der Waals surface area contributed by atoms with Crippen molar-refractivity contribution in [1.82, 2.24) is 9.55 Å². The first kappa shape index (κ1) is 72.0. The number of imidazole rings is 1. The average molecular weight is 1300 g/mol. The first-order chi connectivity index (χ1) is 40.9. The molecule has 16 nitrogen and oxygen atoms in total. The zero-order valence-electron chi connectivity index (χ0n) is 53.6. The maximum Gasteiger partial charge on any atom is 0.607 e. The number of hydrogen-bond acceptors (Lipinski definition) is 13. The third kappa shape index (κ3) is 14.4. The summed E-state index contributed by atoms with van der Waals surface area (Å²) in [5.74, 6) is 9.75. The van der Waals surface area contributed by atoms with E-state index in [1.165, 1.54) is 105 Å². The monoisotopic (exact) mass is 1300 g/mol. The second-order valence-electron chi connectivity index (χ2n) is 29.2. The number of fused-ring (bicyclic) bond motifs is 10. The highest BCUT2D eigenvalue weighted by molar-refractivity contribution is 7.87. The fourth-order valence-corrected chi connectivity index (χ4v) is 20.7. The molecule has 502 valence electrons. The minimum atomic E-state index is -6.09. The maximum atomic E-state index is 12.3. The average Bonchev–Trinajstić information content (AvgIpc) is 1.23. The molecule has 22 atom stereocenters. The molecule has 1 aromatic heterocycles. The van der Waals surface area contributed by atoms with Crippen LogP contribution in [0.25, 0.3) is 0 Å². The first-order valence-electron chi connectivity index (χ1n) is 32.3. The molecule has 0 unspecified atom stereocenters. The van der Waals surface area contributed by atoms with E-state index in [2.05, 4.69) is 85.1 Å². The zero-order valence-corrected chi connectivity index (χ0v) is 55.2. The summed E-state index contributed by atoms with van der Waals surface area (Å²) in [7, 11) is -11.0. The topological polar surface area (TPSA) is 217 Å². The summed E-state index contributed by atoms with van der Waals surface area (Å²) in [6.07, 6.45) is 31.1. The van der Waals surface area contributed by atoms with Crippen LogP contribution >= 0.6 is 0 Å². The molecule has 1 aromatic rings. The molecule has 8 saturated carbocycles.